The Morgan fingerprint density at radius 2 is 1.65 bits per heavy atom. The molecule has 0 aliphatic rings. The van der Waals surface area contributed by atoms with Crippen LogP contribution in [0.5, 0.6) is 5.75 Å². The van der Waals surface area contributed by atoms with Crippen molar-refractivity contribution in [2.24, 2.45) is 0 Å². The fourth-order valence-corrected chi connectivity index (χ4v) is 2.51. The van der Waals surface area contributed by atoms with Crippen LogP contribution in [0.3, 0.4) is 0 Å². The van der Waals surface area contributed by atoms with Gasteiger partial charge in [-0.05, 0) is 34.9 Å². The van der Waals surface area contributed by atoms with E-state index in [2.05, 4.69) is 4.98 Å². The number of nitro groups is 1. The molecule has 1 heterocycles. The van der Waals surface area contributed by atoms with Crippen molar-refractivity contribution in [3.63, 3.8) is 0 Å². The second-order valence-corrected chi connectivity index (χ2v) is 4.94. The number of pyridine rings is 1. The van der Waals surface area contributed by atoms with Gasteiger partial charge in [0.2, 0.25) is 5.75 Å². The predicted molar refractivity (Wildman–Crippen MR) is 88.3 cm³/mol. The van der Waals surface area contributed by atoms with Crippen molar-refractivity contribution in [2.75, 3.05) is 7.11 Å². The van der Waals surface area contributed by atoms with Gasteiger partial charge in [-0.25, -0.2) is 0 Å². The summed E-state index contributed by atoms with van der Waals surface area (Å²) in [6.07, 6.45) is 3.32. The predicted octanol–water partition coefficient (Wildman–Crippen LogP) is 4.33. The molecule has 3 aromatic rings. The van der Waals surface area contributed by atoms with Crippen LogP contribution in [-0.2, 0) is 0 Å². The minimum absolute atomic E-state index is 0.0549. The number of nitro benzene ring substituents is 1. The molecule has 0 fully saturated rings. The molecule has 114 valence electrons. The highest BCUT2D eigenvalue weighted by molar-refractivity contribution is 5.82. The Bertz CT molecular complexity index is 834. The topological polar surface area (TPSA) is 65.3 Å². The van der Waals surface area contributed by atoms with Gasteiger partial charge in [0.25, 0.3) is 0 Å². The number of benzene rings is 2. The zero-order chi connectivity index (χ0) is 16.2. The summed E-state index contributed by atoms with van der Waals surface area (Å²) >= 11 is 0. The zero-order valence-corrected chi connectivity index (χ0v) is 12.5. The van der Waals surface area contributed by atoms with Crippen LogP contribution in [-0.4, -0.2) is 17.0 Å². The Hall–Kier alpha value is -3.21. The molecule has 0 spiro atoms. The van der Waals surface area contributed by atoms with E-state index in [1.54, 1.807) is 12.4 Å². The first kappa shape index (κ1) is 14.7. The average molecular weight is 306 g/mol. The van der Waals surface area contributed by atoms with Gasteiger partial charge in [0, 0.05) is 24.0 Å². The molecule has 5 nitrogen and oxygen atoms in total. The van der Waals surface area contributed by atoms with Gasteiger partial charge in [0.15, 0.2) is 0 Å². The number of hydrogen-bond acceptors (Lipinski definition) is 4. The summed E-state index contributed by atoms with van der Waals surface area (Å²) in [6, 6.07) is 16.5. The summed E-state index contributed by atoms with van der Waals surface area (Å²) in [5.41, 5.74) is 3.11. The number of aromatic nitrogens is 1. The molecule has 0 atom stereocenters. The van der Waals surface area contributed by atoms with Crippen molar-refractivity contribution in [1.29, 1.82) is 0 Å². The Kier molecular flexibility index (Phi) is 4.01. The molecule has 0 radical (unpaired) electrons. The molecule has 3 rings (SSSR count). The van der Waals surface area contributed by atoms with E-state index in [0.717, 1.165) is 16.7 Å². The van der Waals surface area contributed by atoms with Crippen LogP contribution >= 0.6 is 0 Å². The second kappa shape index (κ2) is 6.27. The van der Waals surface area contributed by atoms with Gasteiger partial charge in [-0.1, -0.05) is 30.3 Å². The van der Waals surface area contributed by atoms with Crippen molar-refractivity contribution in [1.82, 2.24) is 4.98 Å². The van der Waals surface area contributed by atoms with E-state index in [1.807, 2.05) is 48.5 Å². The third kappa shape index (κ3) is 2.89. The van der Waals surface area contributed by atoms with E-state index in [0.29, 0.717) is 5.56 Å². The highest BCUT2D eigenvalue weighted by Gasteiger charge is 2.22. The quantitative estimate of drug-likeness (QED) is 0.531. The largest absolute Gasteiger partial charge is 0.490 e. The van der Waals surface area contributed by atoms with Crippen molar-refractivity contribution in [3.8, 4) is 28.0 Å². The minimum Gasteiger partial charge on any atom is -0.490 e. The second-order valence-electron chi connectivity index (χ2n) is 4.94. The SMILES string of the molecule is COc1c(-c2ccccc2)cc(-c2ccncc2)cc1[N+](=O)[O-]. The number of nitrogens with zero attached hydrogens (tertiary/aromatic N) is 2. The fraction of sp³-hybridized carbons (Fsp3) is 0.0556. The van der Waals surface area contributed by atoms with Crippen molar-refractivity contribution >= 4 is 5.69 Å². The lowest BCUT2D eigenvalue weighted by Crippen LogP contribution is -1.97. The lowest BCUT2D eigenvalue weighted by atomic mass is 9.97. The first-order valence-electron chi connectivity index (χ1n) is 7.03. The van der Waals surface area contributed by atoms with E-state index in [9.17, 15) is 10.1 Å². The third-order valence-electron chi connectivity index (χ3n) is 3.57. The summed E-state index contributed by atoms with van der Waals surface area (Å²) in [6.45, 7) is 0. The third-order valence-corrected chi connectivity index (χ3v) is 3.57. The van der Waals surface area contributed by atoms with Gasteiger partial charge >= 0.3 is 5.69 Å². The number of ether oxygens (including phenoxy) is 1. The van der Waals surface area contributed by atoms with E-state index < -0.39 is 4.92 Å². The fourth-order valence-electron chi connectivity index (χ4n) is 2.51. The van der Waals surface area contributed by atoms with Gasteiger partial charge < -0.3 is 4.74 Å². The molecule has 0 unspecified atom stereocenters. The molecule has 0 aliphatic carbocycles. The molecular formula is C18H14N2O3. The van der Waals surface area contributed by atoms with Gasteiger partial charge in [0.1, 0.15) is 0 Å². The smallest absolute Gasteiger partial charge is 0.312 e. The van der Waals surface area contributed by atoms with Gasteiger partial charge in [0.05, 0.1) is 12.0 Å². The van der Waals surface area contributed by atoms with Crippen molar-refractivity contribution in [3.05, 3.63) is 77.1 Å². The van der Waals surface area contributed by atoms with Crippen molar-refractivity contribution in [2.45, 2.75) is 0 Å². The highest BCUT2D eigenvalue weighted by atomic mass is 16.6. The standard InChI is InChI=1S/C18H14N2O3/c1-23-18-16(14-5-3-2-4-6-14)11-15(12-17(18)20(21)22)13-7-9-19-10-8-13/h2-12H,1H3. The molecule has 2 aromatic carbocycles. The summed E-state index contributed by atoms with van der Waals surface area (Å²) in [4.78, 5) is 15.0. The van der Waals surface area contributed by atoms with E-state index >= 15 is 0 Å². The van der Waals surface area contributed by atoms with Crippen LogP contribution in [0.2, 0.25) is 0 Å². The lowest BCUT2D eigenvalue weighted by molar-refractivity contribution is -0.385. The number of methoxy groups -OCH3 is 1. The normalized spacial score (nSPS) is 10.3. The Balaban J connectivity index is 2.29. The van der Waals surface area contributed by atoms with Crippen LogP contribution in [0.4, 0.5) is 5.69 Å². The average Bonchev–Trinajstić information content (AvgIpc) is 2.62. The summed E-state index contributed by atoms with van der Waals surface area (Å²) in [5, 5.41) is 11.5. The van der Waals surface area contributed by atoms with E-state index in [1.165, 1.54) is 13.2 Å². The van der Waals surface area contributed by atoms with Crippen LogP contribution in [0.15, 0.2) is 67.0 Å². The van der Waals surface area contributed by atoms with Crippen molar-refractivity contribution < 1.29 is 9.66 Å². The molecule has 0 aliphatic heterocycles. The van der Waals surface area contributed by atoms with Gasteiger partial charge in [-0.3, -0.25) is 15.1 Å². The molecule has 0 saturated carbocycles. The van der Waals surface area contributed by atoms with Crippen LogP contribution in [0, 0.1) is 10.1 Å². The minimum atomic E-state index is -0.421. The molecule has 1 aromatic heterocycles. The molecule has 0 N–H and O–H groups in total. The Morgan fingerprint density at radius 3 is 2.26 bits per heavy atom. The maximum absolute atomic E-state index is 11.5. The monoisotopic (exact) mass is 306 g/mol. The molecule has 5 heteroatoms. The summed E-state index contributed by atoms with van der Waals surface area (Å²) in [7, 11) is 1.45. The Morgan fingerprint density at radius 1 is 0.957 bits per heavy atom. The van der Waals surface area contributed by atoms with Crippen LogP contribution in [0.25, 0.3) is 22.3 Å². The summed E-state index contributed by atoms with van der Waals surface area (Å²) in [5.74, 6) is 0.263. The zero-order valence-electron chi connectivity index (χ0n) is 12.5. The van der Waals surface area contributed by atoms with E-state index in [-0.39, 0.29) is 11.4 Å². The molecule has 0 bridgehead atoms. The number of rotatable bonds is 4. The van der Waals surface area contributed by atoms with Crippen LogP contribution in [0.1, 0.15) is 0 Å². The maximum Gasteiger partial charge on any atom is 0.312 e. The Labute approximate surface area is 133 Å². The first-order valence-corrected chi connectivity index (χ1v) is 7.03. The summed E-state index contributed by atoms with van der Waals surface area (Å²) < 4.78 is 5.33. The number of hydrogen-bond donors (Lipinski definition) is 0. The molecule has 0 amide bonds. The molecule has 0 saturated heterocycles. The molecule has 23 heavy (non-hydrogen) atoms. The highest BCUT2D eigenvalue weighted by Crippen LogP contribution is 2.41. The van der Waals surface area contributed by atoms with E-state index in [4.69, 9.17) is 4.74 Å². The van der Waals surface area contributed by atoms with Gasteiger partial charge in [-0.2, -0.15) is 0 Å². The van der Waals surface area contributed by atoms with Crippen LogP contribution < -0.4 is 4.74 Å². The maximum atomic E-state index is 11.5. The lowest BCUT2D eigenvalue weighted by Gasteiger charge is -2.12. The first-order chi connectivity index (χ1) is 11.2. The molecular weight excluding hydrogens is 292 g/mol. The van der Waals surface area contributed by atoms with Gasteiger partial charge in [-0.15, -0.1) is 0 Å².